The van der Waals surface area contributed by atoms with E-state index >= 15 is 0 Å². The third-order valence-corrected chi connectivity index (χ3v) is 6.17. The zero-order chi connectivity index (χ0) is 23.4. The monoisotopic (exact) mass is 454 g/mol. The van der Waals surface area contributed by atoms with E-state index < -0.39 is 5.97 Å². The van der Waals surface area contributed by atoms with Gasteiger partial charge in [0.25, 0.3) is 0 Å². The fourth-order valence-electron chi connectivity index (χ4n) is 3.39. The van der Waals surface area contributed by atoms with Crippen LogP contribution in [0, 0.1) is 0 Å². The third-order valence-electron chi connectivity index (χ3n) is 5.19. The molecular formula is C27H22N2O3S. The van der Waals surface area contributed by atoms with E-state index in [4.69, 9.17) is 5.73 Å². The van der Waals surface area contributed by atoms with E-state index in [9.17, 15) is 14.7 Å². The lowest BCUT2D eigenvalue weighted by Gasteiger charge is -2.20. The lowest BCUT2D eigenvalue weighted by molar-refractivity contribution is 0.0696. The number of nitrogen functional groups attached to an aromatic ring is 1. The van der Waals surface area contributed by atoms with Crippen molar-refractivity contribution in [2.24, 2.45) is 0 Å². The molecule has 6 heteroatoms. The average Bonchev–Trinajstić information content (AvgIpc) is 2.84. The third kappa shape index (κ3) is 5.25. The lowest BCUT2D eigenvalue weighted by atomic mass is 10.0. The number of hydrogen-bond donors (Lipinski definition) is 2. The van der Waals surface area contributed by atoms with Crippen molar-refractivity contribution in [2.75, 3.05) is 17.7 Å². The van der Waals surface area contributed by atoms with Gasteiger partial charge in [-0.15, -0.1) is 0 Å². The molecule has 3 N–H and O–H groups in total. The van der Waals surface area contributed by atoms with Crippen LogP contribution >= 0.6 is 11.8 Å². The van der Waals surface area contributed by atoms with E-state index in [1.54, 1.807) is 24.3 Å². The Morgan fingerprint density at radius 3 is 1.91 bits per heavy atom. The van der Waals surface area contributed by atoms with Gasteiger partial charge < -0.3 is 15.7 Å². The van der Waals surface area contributed by atoms with E-state index in [2.05, 4.69) is 0 Å². The number of anilines is 3. The maximum Gasteiger partial charge on any atom is 0.335 e. The lowest BCUT2D eigenvalue weighted by Crippen LogP contribution is -2.10. The molecule has 0 aliphatic carbocycles. The van der Waals surface area contributed by atoms with E-state index in [1.165, 1.54) is 17.8 Å². The second-order valence-corrected chi connectivity index (χ2v) is 8.64. The number of ketones is 1. The molecule has 0 radical (unpaired) electrons. The summed E-state index contributed by atoms with van der Waals surface area (Å²) in [6.07, 6.45) is 0. The molecule has 0 heterocycles. The van der Waals surface area contributed by atoms with Gasteiger partial charge in [0.05, 0.1) is 5.56 Å². The van der Waals surface area contributed by atoms with Crippen molar-refractivity contribution >= 4 is 40.6 Å². The number of carbonyl (C=O) groups is 2. The van der Waals surface area contributed by atoms with Crippen LogP contribution in [0.1, 0.15) is 26.3 Å². The van der Waals surface area contributed by atoms with Crippen molar-refractivity contribution in [1.82, 2.24) is 0 Å². The Bertz CT molecular complexity index is 1290. The van der Waals surface area contributed by atoms with Crippen LogP contribution in [0.25, 0.3) is 0 Å². The Balaban J connectivity index is 1.60. The van der Waals surface area contributed by atoms with Gasteiger partial charge in [0.2, 0.25) is 0 Å². The maximum atomic E-state index is 13.2. The Morgan fingerprint density at radius 1 is 0.727 bits per heavy atom. The van der Waals surface area contributed by atoms with E-state index in [0.717, 1.165) is 16.3 Å². The fourth-order valence-corrected chi connectivity index (χ4v) is 4.32. The number of carbonyl (C=O) groups excluding carboxylic acids is 1. The van der Waals surface area contributed by atoms with Crippen LogP contribution in [0.3, 0.4) is 0 Å². The van der Waals surface area contributed by atoms with Crippen molar-refractivity contribution in [3.05, 3.63) is 114 Å². The van der Waals surface area contributed by atoms with Crippen LogP contribution in [-0.2, 0) is 0 Å². The van der Waals surface area contributed by atoms with E-state index in [0.29, 0.717) is 21.7 Å². The van der Waals surface area contributed by atoms with Crippen molar-refractivity contribution < 1.29 is 14.7 Å². The van der Waals surface area contributed by atoms with Crippen LogP contribution in [0.4, 0.5) is 17.1 Å². The minimum absolute atomic E-state index is 0.0824. The standard InChI is InChI=1S/C27H22N2O3S/c1-29(23-13-9-21(28)10-14-23)22-11-7-18(8-12-22)26(30)19-15-20(27(31)32)17-25(16-19)33-24-5-3-2-4-6-24/h2-17H,28H2,1H3,(H,31,32). The van der Waals surface area contributed by atoms with Gasteiger partial charge in [-0.3, -0.25) is 4.79 Å². The Kier molecular flexibility index (Phi) is 6.47. The number of benzene rings is 4. The fraction of sp³-hybridized carbons (Fsp3) is 0.0370. The summed E-state index contributed by atoms with van der Waals surface area (Å²) in [5, 5.41) is 9.54. The first kappa shape index (κ1) is 22.2. The highest BCUT2D eigenvalue weighted by atomic mass is 32.2. The van der Waals surface area contributed by atoms with Crippen molar-refractivity contribution in [1.29, 1.82) is 0 Å². The molecule has 0 spiro atoms. The molecule has 0 saturated carbocycles. The van der Waals surface area contributed by atoms with Crippen LogP contribution < -0.4 is 10.6 Å². The number of nitrogens with zero attached hydrogens (tertiary/aromatic N) is 1. The van der Waals surface area contributed by atoms with Gasteiger partial charge in [-0.25, -0.2) is 4.79 Å². The first-order valence-electron chi connectivity index (χ1n) is 10.3. The topological polar surface area (TPSA) is 83.6 Å². The van der Waals surface area contributed by atoms with Gasteiger partial charge in [0.15, 0.2) is 5.78 Å². The number of carboxylic acids is 1. The van der Waals surface area contributed by atoms with E-state index in [1.807, 2.05) is 78.7 Å². The van der Waals surface area contributed by atoms with Gasteiger partial charge in [0, 0.05) is 45.0 Å². The molecule has 4 aromatic carbocycles. The normalized spacial score (nSPS) is 10.6. The van der Waals surface area contributed by atoms with Crippen molar-refractivity contribution in [3.8, 4) is 0 Å². The Morgan fingerprint density at radius 2 is 1.30 bits per heavy atom. The molecule has 0 aliphatic rings. The van der Waals surface area contributed by atoms with Gasteiger partial charge in [-0.2, -0.15) is 0 Å². The summed E-state index contributed by atoms with van der Waals surface area (Å²) in [7, 11) is 1.94. The number of aromatic carboxylic acids is 1. The molecule has 0 amide bonds. The maximum absolute atomic E-state index is 13.2. The molecular weight excluding hydrogens is 432 g/mol. The first-order valence-corrected chi connectivity index (χ1v) is 11.1. The molecule has 164 valence electrons. The SMILES string of the molecule is CN(c1ccc(N)cc1)c1ccc(C(=O)c2cc(Sc3ccccc3)cc(C(=O)O)c2)cc1. The van der Waals surface area contributed by atoms with Gasteiger partial charge in [-0.05, 0) is 78.9 Å². The molecule has 0 atom stereocenters. The predicted molar refractivity (Wildman–Crippen MR) is 133 cm³/mol. The average molecular weight is 455 g/mol. The zero-order valence-corrected chi connectivity index (χ0v) is 18.8. The molecule has 4 rings (SSSR count). The van der Waals surface area contributed by atoms with Crippen LogP contribution in [0.15, 0.2) is 107 Å². The Hall–Kier alpha value is -4.03. The zero-order valence-electron chi connectivity index (χ0n) is 17.9. The molecule has 4 aromatic rings. The molecule has 0 saturated heterocycles. The quantitative estimate of drug-likeness (QED) is 0.259. The molecule has 0 aliphatic heterocycles. The smallest absolute Gasteiger partial charge is 0.335 e. The van der Waals surface area contributed by atoms with Crippen LogP contribution in [0.5, 0.6) is 0 Å². The van der Waals surface area contributed by atoms with Crippen molar-refractivity contribution in [2.45, 2.75) is 9.79 Å². The van der Waals surface area contributed by atoms with Gasteiger partial charge >= 0.3 is 5.97 Å². The minimum atomic E-state index is -1.07. The van der Waals surface area contributed by atoms with Crippen molar-refractivity contribution in [3.63, 3.8) is 0 Å². The number of nitrogens with two attached hydrogens (primary N) is 1. The molecule has 33 heavy (non-hydrogen) atoms. The number of rotatable bonds is 7. The molecule has 0 unspecified atom stereocenters. The second-order valence-electron chi connectivity index (χ2n) is 7.49. The summed E-state index contributed by atoms with van der Waals surface area (Å²) in [6, 6.07) is 29.1. The number of hydrogen-bond acceptors (Lipinski definition) is 5. The highest BCUT2D eigenvalue weighted by Gasteiger charge is 2.15. The molecule has 0 bridgehead atoms. The Labute approximate surface area is 196 Å². The summed E-state index contributed by atoms with van der Waals surface area (Å²) in [5.41, 5.74) is 9.26. The summed E-state index contributed by atoms with van der Waals surface area (Å²) >= 11 is 1.42. The summed E-state index contributed by atoms with van der Waals surface area (Å²) in [6.45, 7) is 0. The summed E-state index contributed by atoms with van der Waals surface area (Å²) in [5.74, 6) is -1.30. The first-order chi connectivity index (χ1) is 15.9. The van der Waals surface area contributed by atoms with Crippen LogP contribution in [-0.4, -0.2) is 23.9 Å². The molecule has 0 fully saturated rings. The predicted octanol–water partition coefficient (Wildman–Crippen LogP) is 6.12. The molecule has 5 nitrogen and oxygen atoms in total. The largest absolute Gasteiger partial charge is 0.478 e. The van der Waals surface area contributed by atoms with Crippen LogP contribution in [0.2, 0.25) is 0 Å². The molecule has 0 aromatic heterocycles. The highest BCUT2D eigenvalue weighted by molar-refractivity contribution is 7.99. The van der Waals surface area contributed by atoms with Gasteiger partial charge in [0.1, 0.15) is 0 Å². The second kappa shape index (κ2) is 9.63. The van der Waals surface area contributed by atoms with Gasteiger partial charge in [-0.1, -0.05) is 30.0 Å². The highest BCUT2D eigenvalue weighted by Crippen LogP contribution is 2.30. The summed E-state index contributed by atoms with van der Waals surface area (Å²) in [4.78, 5) is 28.5. The number of carboxylic acid groups (broad SMARTS) is 1. The minimum Gasteiger partial charge on any atom is -0.478 e. The summed E-state index contributed by atoms with van der Waals surface area (Å²) < 4.78 is 0. The van der Waals surface area contributed by atoms with E-state index in [-0.39, 0.29) is 11.3 Å².